The number of urea groups is 1. The van der Waals surface area contributed by atoms with E-state index in [-0.39, 0.29) is 26.2 Å². The van der Waals surface area contributed by atoms with Crippen LogP contribution in [0, 0.1) is 5.92 Å². The van der Waals surface area contributed by atoms with Gasteiger partial charge in [0, 0.05) is 40.3 Å². The summed E-state index contributed by atoms with van der Waals surface area (Å²) in [5.74, 6) is -2.99. The highest BCUT2D eigenvalue weighted by Gasteiger charge is 2.44. The first-order valence-corrected chi connectivity index (χ1v) is 8.90. The zero-order chi connectivity index (χ0) is 20.3. The minimum absolute atomic E-state index is 0.0190. The third kappa shape index (κ3) is 4.90. The summed E-state index contributed by atoms with van der Waals surface area (Å²) in [7, 11) is 3.03. The van der Waals surface area contributed by atoms with Gasteiger partial charge in [-0.1, -0.05) is 29.3 Å². The van der Waals surface area contributed by atoms with Crippen molar-refractivity contribution in [2.75, 3.05) is 33.7 Å². The SMILES string of the molecule is CN(CCN1CC(C(=O)N(C)Cc2ccc(Cl)c(Cl)c2)C(=O)C1=O)C(N)=O. The van der Waals surface area contributed by atoms with Crippen molar-refractivity contribution >= 4 is 46.8 Å². The van der Waals surface area contributed by atoms with Gasteiger partial charge >= 0.3 is 6.03 Å². The van der Waals surface area contributed by atoms with Crippen molar-refractivity contribution in [1.29, 1.82) is 0 Å². The quantitative estimate of drug-likeness (QED) is 0.553. The van der Waals surface area contributed by atoms with Crippen LogP contribution in [0.4, 0.5) is 4.79 Å². The number of hydrogen-bond acceptors (Lipinski definition) is 4. The monoisotopic (exact) mass is 414 g/mol. The predicted molar refractivity (Wildman–Crippen MR) is 100 cm³/mol. The van der Waals surface area contributed by atoms with E-state index in [2.05, 4.69) is 0 Å². The molecule has 0 radical (unpaired) electrons. The second-order valence-corrected chi connectivity index (χ2v) is 7.18. The maximum atomic E-state index is 12.6. The third-order valence-electron chi connectivity index (χ3n) is 4.38. The van der Waals surface area contributed by atoms with Gasteiger partial charge in [-0.3, -0.25) is 14.4 Å². The summed E-state index contributed by atoms with van der Waals surface area (Å²) >= 11 is 11.8. The number of Topliss-reactive ketones (excluding diaryl/α,β-unsaturated/α-hetero) is 1. The maximum Gasteiger partial charge on any atom is 0.314 e. The van der Waals surface area contributed by atoms with Crippen molar-refractivity contribution < 1.29 is 19.2 Å². The normalized spacial score (nSPS) is 16.6. The van der Waals surface area contributed by atoms with Gasteiger partial charge in [0.15, 0.2) is 0 Å². The van der Waals surface area contributed by atoms with E-state index in [0.717, 1.165) is 5.56 Å². The van der Waals surface area contributed by atoms with Crippen molar-refractivity contribution in [2.45, 2.75) is 6.54 Å². The second kappa shape index (κ2) is 8.58. The molecule has 0 saturated carbocycles. The van der Waals surface area contributed by atoms with Crippen molar-refractivity contribution in [2.24, 2.45) is 11.7 Å². The van der Waals surface area contributed by atoms with Crippen molar-refractivity contribution in [3.63, 3.8) is 0 Å². The van der Waals surface area contributed by atoms with Crippen LogP contribution >= 0.6 is 23.2 Å². The van der Waals surface area contributed by atoms with Crippen LogP contribution in [0.25, 0.3) is 0 Å². The molecule has 1 saturated heterocycles. The van der Waals surface area contributed by atoms with Crippen LogP contribution in [-0.4, -0.2) is 72.1 Å². The molecule has 0 aliphatic carbocycles. The minimum Gasteiger partial charge on any atom is -0.351 e. The fourth-order valence-electron chi connectivity index (χ4n) is 2.71. The maximum absolute atomic E-state index is 12.6. The molecule has 0 aromatic heterocycles. The average Bonchev–Trinajstić information content (AvgIpc) is 2.90. The summed E-state index contributed by atoms with van der Waals surface area (Å²) in [6.45, 7) is 0.506. The highest BCUT2D eigenvalue weighted by atomic mass is 35.5. The Morgan fingerprint density at radius 2 is 1.85 bits per heavy atom. The Bertz CT molecular complexity index is 786. The van der Waals surface area contributed by atoms with Crippen molar-refractivity contribution in [3.05, 3.63) is 33.8 Å². The van der Waals surface area contributed by atoms with Gasteiger partial charge in [0.1, 0.15) is 5.92 Å². The van der Waals surface area contributed by atoms with Gasteiger partial charge in [0.2, 0.25) is 11.7 Å². The molecular weight excluding hydrogens is 395 g/mol. The molecule has 2 rings (SSSR count). The van der Waals surface area contributed by atoms with Crippen LogP contribution in [0.2, 0.25) is 10.0 Å². The van der Waals surface area contributed by atoms with E-state index < -0.39 is 29.5 Å². The van der Waals surface area contributed by atoms with E-state index in [1.165, 1.54) is 21.7 Å². The first-order valence-electron chi connectivity index (χ1n) is 8.14. The lowest BCUT2D eigenvalue weighted by Crippen LogP contribution is -2.40. The van der Waals surface area contributed by atoms with Gasteiger partial charge in [-0.25, -0.2) is 4.79 Å². The van der Waals surface area contributed by atoms with Crippen molar-refractivity contribution in [3.8, 4) is 0 Å². The molecule has 1 aliphatic heterocycles. The highest BCUT2D eigenvalue weighted by molar-refractivity contribution is 6.42. The molecule has 1 aliphatic rings. The summed E-state index contributed by atoms with van der Waals surface area (Å²) in [6.07, 6.45) is 0. The zero-order valence-electron chi connectivity index (χ0n) is 14.9. The minimum atomic E-state index is -1.07. The molecule has 4 amide bonds. The Kier molecular flexibility index (Phi) is 6.67. The Hall–Kier alpha value is -2.32. The number of halogens is 2. The average molecular weight is 415 g/mol. The first kappa shape index (κ1) is 21.0. The molecule has 1 unspecified atom stereocenters. The number of nitrogens with zero attached hydrogens (tertiary/aromatic N) is 3. The molecule has 1 atom stereocenters. The zero-order valence-corrected chi connectivity index (χ0v) is 16.5. The predicted octanol–water partition coefficient (Wildman–Crippen LogP) is 0.990. The molecule has 0 bridgehead atoms. The molecule has 10 heteroatoms. The van der Waals surface area contributed by atoms with Gasteiger partial charge in [-0.05, 0) is 17.7 Å². The Labute approximate surface area is 166 Å². The number of benzene rings is 1. The molecule has 1 heterocycles. The Balaban J connectivity index is 2.00. The molecule has 0 spiro atoms. The lowest BCUT2D eigenvalue weighted by Gasteiger charge is -2.22. The molecular formula is C17H20Cl2N4O4. The Morgan fingerprint density at radius 3 is 2.44 bits per heavy atom. The Morgan fingerprint density at radius 1 is 1.19 bits per heavy atom. The van der Waals surface area contributed by atoms with Gasteiger partial charge in [0.05, 0.1) is 10.0 Å². The molecule has 27 heavy (non-hydrogen) atoms. The van der Waals surface area contributed by atoms with Gasteiger partial charge in [-0.2, -0.15) is 0 Å². The molecule has 146 valence electrons. The molecule has 1 aromatic carbocycles. The van der Waals surface area contributed by atoms with Crippen LogP contribution in [0.15, 0.2) is 18.2 Å². The number of carbonyl (C=O) groups is 4. The summed E-state index contributed by atoms with van der Waals surface area (Å²) in [5.41, 5.74) is 5.88. The number of likely N-dealkylation sites (tertiary alicyclic amines) is 1. The number of rotatable bonds is 6. The topological polar surface area (TPSA) is 104 Å². The smallest absolute Gasteiger partial charge is 0.314 e. The number of carbonyl (C=O) groups excluding carboxylic acids is 4. The fraction of sp³-hybridized carbons (Fsp3) is 0.412. The van der Waals surface area contributed by atoms with Gasteiger partial charge in [-0.15, -0.1) is 0 Å². The number of primary amides is 1. The number of amides is 4. The summed E-state index contributed by atoms with van der Waals surface area (Å²) in [6, 6.07) is 4.35. The van der Waals surface area contributed by atoms with Crippen LogP contribution in [0.5, 0.6) is 0 Å². The van der Waals surface area contributed by atoms with Crippen LogP contribution in [0.3, 0.4) is 0 Å². The number of likely N-dealkylation sites (N-methyl/N-ethyl adjacent to an activating group) is 1. The largest absolute Gasteiger partial charge is 0.351 e. The third-order valence-corrected chi connectivity index (χ3v) is 5.12. The van der Waals surface area contributed by atoms with E-state index in [1.807, 2.05) is 0 Å². The van der Waals surface area contributed by atoms with E-state index in [9.17, 15) is 19.2 Å². The lowest BCUT2D eigenvalue weighted by atomic mass is 10.1. The van der Waals surface area contributed by atoms with Crippen LogP contribution < -0.4 is 5.73 Å². The van der Waals surface area contributed by atoms with Crippen LogP contribution in [-0.2, 0) is 20.9 Å². The summed E-state index contributed by atoms with van der Waals surface area (Å²) < 4.78 is 0. The summed E-state index contributed by atoms with van der Waals surface area (Å²) in [5, 5.41) is 0.773. The van der Waals surface area contributed by atoms with E-state index >= 15 is 0 Å². The number of nitrogens with two attached hydrogens (primary N) is 1. The van der Waals surface area contributed by atoms with E-state index in [4.69, 9.17) is 28.9 Å². The first-order chi connectivity index (χ1) is 12.6. The lowest BCUT2D eigenvalue weighted by molar-refractivity contribution is -0.144. The van der Waals surface area contributed by atoms with E-state index in [1.54, 1.807) is 25.2 Å². The standard InChI is InChI=1S/C17H20Cl2N4O4/c1-21(17(20)27)5-6-23-9-11(14(24)16(23)26)15(25)22(2)8-10-3-4-12(18)13(19)7-10/h3-4,7,11H,5-6,8-9H2,1-2H3,(H2,20,27). The number of hydrogen-bond donors (Lipinski definition) is 1. The molecule has 8 nitrogen and oxygen atoms in total. The van der Waals surface area contributed by atoms with E-state index in [0.29, 0.717) is 10.0 Å². The second-order valence-electron chi connectivity index (χ2n) is 6.37. The highest BCUT2D eigenvalue weighted by Crippen LogP contribution is 2.24. The molecule has 1 fully saturated rings. The van der Waals surface area contributed by atoms with Gasteiger partial charge < -0.3 is 20.4 Å². The molecule has 1 aromatic rings. The van der Waals surface area contributed by atoms with Crippen LogP contribution in [0.1, 0.15) is 5.56 Å². The number of ketones is 1. The summed E-state index contributed by atoms with van der Waals surface area (Å²) in [4.78, 5) is 51.8. The van der Waals surface area contributed by atoms with Gasteiger partial charge in [0.25, 0.3) is 5.91 Å². The fourth-order valence-corrected chi connectivity index (χ4v) is 3.03. The molecule has 2 N–H and O–H groups in total. The van der Waals surface area contributed by atoms with Crippen molar-refractivity contribution in [1.82, 2.24) is 14.7 Å².